The summed E-state index contributed by atoms with van der Waals surface area (Å²) in [5, 5.41) is 9.08. The average molecular weight is 326 g/mol. The third-order valence-electron chi connectivity index (χ3n) is 2.73. The molecule has 0 saturated heterocycles. The van der Waals surface area contributed by atoms with Crippen LogP contribution in [0.4, 0.5) is 5.69 Å². The number of carboxylic acid groups (broad SMARTS) is 1. The van der Waals surface area contributed by atoms with Crippen molar-refractivity contribution < 1.29 is 18.3 Å². The van der Waals surface area contributed by atoms with Gasteiger partial charge in [0.1, 0.15) is 0 Å². The van der Waals surface area contributed by atoms with Gasteiger partial charge in [0.2, 0.25) is 0 Å². The molecular formula is C14H12ClNO4S. The highest BCUT2D eigenvalue weighted by Crippen LogP contribution is 2.22. The van der Waals surface area contributed by atoms with E-state index in [1.807, 2.05) is 6.92 Å². The fraction of sp³-hybridized carbons (Fsp3) is 0.0714. The highest BCUT2D eigenvalue weighted by Gasteiger charge is 2.15. The van der Waals surface area contributed by atoms with E-state index in [4.69, 9.17) is 16.7 Å². The van der Waals surface area contributed by atoms with Crippen LogP contribution in [-0.2, 0) is 10.0 Å². The second-order valence-corrected chi connectivity index (χ2v) is 6.57. The van der Waals surface area contributed by atoms with E-state index in [0.29, 0.717) is 0 Å². The first kappa shape index (κ1) is 15.3. The summed E-state index contributed by atoms with van der Waals surface area (Å²) in [5.41, 5.74) is 0.939. The number of carbonyl (C=O) groups is 1. The summed E-state index contributed by atoms with van der Waals surface area (Å²) in [6, 6.07) is 10.1. The van der Waals surface area contributed by atoms with Gasteiger partial charge in [0.15, 0.2) is 0 Å². The van der Waals surface area contributed by atoms with Crippen molar-refractivity contribution in [3.8, 4) is 0 Å². The van der Waals surface area contributed by atoms with Crippen LogP contribution in [0.2, 0.25) is 5.02 Å². The normalized spacial score (nSPS) is 11.1. The van der Waals surface area contributed by atoms with Crippen LogP contribution in [0, 0.1) is 6.92 Å². The molecule has 0 bridgehead atoms. The van der Waals surface area contributed by atoms with Crippen molar-refractivity contribution in [3.05, 3.63) is 58.6 Å². The number of sulfonamides is 1. The van der Waals surface area contributed by atoms with Gasteiger partial charge in [-0.05, 0) is 37.3 Å². The number of hydrogen-bond acceptors (Lipinski definition) is 3. The zero-order valence-electron chi connectivity index (χ0n) is 11.0. The van der Waals surface area contributed by atoms with Crippen molar-refractivity contribution in [1.82, 2.24) is 0 Å². The van der Waals surface area contributed by atoms with Crippen molar-refractivity contribution in [3.63, 3.8) is 0 Å². The summed E-state index contributed by atoms with van der Waals surface area (Å²) < 4.78 is 26.7. The number of aryl methyl sites for hydroxylation is 1. The first-order chi connectivity index (χ1) is 9.78. The highest BCUT2D eigenvalue weighted by atomic mass is 35.5. The van der Waals surface area contributed by atoms with E-state index < -0.39 is 16.0 Å². The lowest BCUT2D eigenvalue weighted by atomic mass is 10.2. The number of hydrogen-bond donors (Lipinski definition) is 2. The van der Waals surface area contributed by atoms with Crippen molar-refractivity contribution in [2.45, 2.75) is 11.8 Å². The maximum Gasteiger partial charge on any atom is 0.335 e. The molecule has 0 radical (unpaired) electrons. The Labute approximate surface area is 127 Å². The van der Waals surface area contributed by atoms with Crippen molar-refractivity contribution >= 4 is 33.3 Å². The van der Waals surface area contributed by atoms with Gasteiger partial charge in [-0.2, -0.15) is 0 Å². The van der Waals surface area contributed by atoms with Crippen LogP contribution in [0.5, 0.6) is 0 Å². The van der Waals surface area contributed by atoms with Gasteiger partial charge in [-0.3, -0.25) is 4.72 Å². The molecule has 0 unspecified atom stereocenters. The lowest BCUT2D eigenvalue weighted by Crippen LogP contribution is -2.13. The van der Waals surface area contributed by atoms with Gasteiger partial charge < -0.3 is 5.11 Å². The van der Waals surface area contributed by atoms with Gasteiger partial charge in [0.25, 0.3) is 10.0 Å². The molecule has 0 heterocycles. The maximum atomic E-state index is 12.2. The van der Waals surface area contributed by atoms with Crippen LogP contribution in [0.25, 0.3) is 0 Å². The second kappa shape index (κ2) is 5.75. The fourth-order valence-corrected chi connectivity index (χ4v) is 2.98. The summed E-state index contributed by atoms with van der Waals surface area (Å²) in [4.78, 5) is 11.0. The molecule has 0 fully saturated rings. The zero-order valence-corrected chi connectivity index (χ0v) is 12.6. The molecule has 0 saturated carbocycles. The number of rotatable bonds is 4. The van der Waals surface area contributed by atoms with Gasteiger partial charge in [-0.1, -0.05) is 29.3 Å². The van der Waals surface area contributed by atoms with E-state index in [9.17, 15) is 13.2 Å². The largest absolute Gasteiger partial charge is 0.478 e. The number of carboxylic acids is 1. The SMILES string of the molecule is Cc1ccc(S(=O)(=O)Nc2cc(Cl)cc(C(=O)O)c2)cc1. The van der Waals surface area contributed by atoms with Gasteiger partial charge in [0.05, 0.1) is 16.1 Å². The molecule has 0 aromatic heterocycles. The number of anilines is 1. The molecule has 2 aromatic carbocycles. The predicted molar refractivity (Wildman–Crippen MR) is 80.4 cm³/mol. The van der Waals surface area contributed by atoms with E-state index in [-0.39, 0.29) is 21.2 Å². The van der Waals surface area contributed by atoms with Gasteiger partial charge in [-0.15, -0.1) is 0 Å². The first-order valence-electron chi connectivity index (χ1n) is 5.91. The van der Waals surface area contributed by atoms with Gasteiger partial charge in [0, 0.05) is 5.02 Å². The third kappa shape index (κ3) is 3.74. The molecule has 2 aromatic rings. The molecule has 2 N–H and O–H groups in total. The topological polar surface area (TPSA) is 83.5 Å². The zero-order chi connectivity index (χ0) is 15.6. The number of benzene rings is 2. The molecule has 2 rings (SSSR count). The molecule has 110 valence electrons. The Morgan fingerprint density at radius 3 is 2.33 bits per heavy atom. The van der Waals surface area contributed by atoms with E-state index in [2.05, 4.69) is 4.72 Å². The highest BCUT2D eigenvalue weighted by molar-refractivity contribution is 7.92. The minimum Gasteiger partial charge on any atom is -0.478 e. The van der Waals surface area contributed by atoms with Crippen LogP contribution in [0.3, 0.4) is 0 Å². The lowest BCUT2D eigenvalue weighted by molar-refractivity contribution is 0.0697. The third-order valence-corrected chi connectivity index (χ3v) is 4.34. The van der Waals surface area contributed by atoms with Crippen LogP contribution in [0.15, 0.2) is 47.4 Å². The summed E-state index contributed by atoms with van der Waals surface area (Å²) >= 11 is 5.79. The standard InChI is InChI=1S/C14H12ClNO4S/c1-9-2-4-13(5-3-9)21(19,20)16-12-7-10(14(17)18)6-11(15)8-12/h2-8,16H,1H3,(H,17,18). The minimum absolute atomic E-state index is 0.0879. The summed E-state index contributed by atoms with van der Waals surface area (Å²) in [7, 11) is -3.79. The smallest absolute Gasteiger partial charge is 0.335 e. The Balaban J connectivity index is 2.36. The van der Waals surface area contributed by atoms with E-state index in [0.717, 1.165) is 5.56 Å². The lowest BCUT2D eigenvalue weighted by Gasteiger charge is -2.09. The van der Waals surface area contributed by atoms with Crippen molar-refractivity contribution in [2.75, 3.05) is 4.72 Å². The van der Waals surface area contributed by atoms with Crippen molar-refractivity contribution in [2.24, 2.45) is 0 Å². The first-order valence-corrected chi connectivity index (χ1v) is 7.77. The number of nitrogens with one attached hydrogen (secondary N) is 1. The molecule has 0 aliphatic rings. The predicted octanol–water partition coefficient (Wildman–Crippen LogP) is 3.15. The molecule has 0 atom stereocenters. The fourth-order valence-electron chi connectivity index (χ4n) is 1.70. The Kier molecular flexibility index (Phi) is 4.20. The second-order valence-electron chi connectivity index (χ2n) is 4.45. The molecule has 7 heteroatoms. The maximum absolute atomic E-state index is 12.2. The number of aromatic carboxylic acids is 1. The summed E-state index contributed by atoms with van der Waals surface area (Å²) in [6.07, 6.45) is 0. The van der Waals surface area contributed by atoms with E-state index in [1.165, 1.54) is 30.3 Å². The summed E-state index contributed by atoms with van der Waals surface area (Å²) in [5.74, 6) is -1.19. The molecule has 21 heavy (non-hydrogen) atoms. The minimum atomic E-state index is -3.79. The molecule has 0 aliphatic heterocycles. The average Bonchev–Trinajstić information content (AvgIpc) is 2.37. The van der Waals surface area contributed by atoms with Crippen LogP contribution < -0.4 is 4.72 Å². The van der Waals surface area contributed by atoms with Gasteiger partial charge >= 0.3 is 5.97 Å². The Hall–Kier alpha value is -2.05. The molecule has 0 spiro atoms. The molecule has 0 aliphatic carbocycles. The monoisotopic (exact) mass is 325 g/mol. The number of halogens is 1. The van der Waals surface area contributed by atoms with E-state index in [1.54, 1.807) is 12.1 Å². The van der Waals surface area contributed by atoms with Crippen LogP contribution in [-0.4, -0.2) is 19.5 Å². The van der Waals surface area contributed by atoms with Crippen molar-refractivity contribution in [1.29, 1.82) is 0 Å². The molecule has 0 amide bonds. The van der Waals surface area contributed by atoms with E-state index >= 15 is 0 Å². The molecule has 5 nitrogen and oxygen atoms in total. The van der Waals surface area contributed by atoms with Crippen LogP contribution in [0.1, 0.15) is 15.9 Å². The van der Waals surface area contributed by atoms with Gasteiger partial charge in [-0.25, -0.2) is 13.2 Å². The Morgan fingerprint density at radius 1 is 1.14 bits per heavy atom. The Morgan fingerprint density at radius 2 is 1.76 bits per heavy atom. The Bertz CT molecular complexity index is 785. The quantitative estimate of drug-likeness (QED) is 0.904. The van der Waals surface area contributed by atoms with Crippen LogP contribution >= 0.6 is 11.6 Å². The summed E-state index contributed by atoms with van der Waals surface area (Å²) in [6.45, 7) is 1.85. The molecular weight excluding hydrogens is 314 g/mol.